The van der Waals surface area contributed by atoms with Crippen molar-refractivity contribution in [3.63, 3.8) is 0 Å². The minimum atomic E-state index is -3.27. The van der Waals surface area contributed by atoms with Crippen LogP contribution in [-0.2, 0) is 19.4 Å². The minimum Gasteiger partial charge on any atom is -0.478 e. The summed E-state index contributed by atoms with van der Waals surface area (Å²) in [6.45, 7) is 0.936. The number of sulfone groups is 1. The predicted octanol–water partition coefficient (Wildman–Crippen LogP) is 3.70. The third-order valence-corrected chi connectivity index (χ3v) is 6.38. The summed E-state index contributed by atoms with van der Waals surface area (Å²) in [7, 11) is 0.802. The van der Waals surface area contributed by atoms with Crippen molar-refractivity contribution in [2.24, 2.45) is 0 Å². The Balaban J connectivity index is 0.000000414. The van der Waals surface area contributed by atoms with Crippen molar-refractivity contribution in [1.29, 1.82) is 0 Å². The van der Waals surface area contributed by atoms with Crippen LogP contribution in [0.2, 0.25) is 0 Å². The Morgan fingerprint density at radius 1 is 1.03 bits per heavy atom. The number of fused-ring (bicyclic) bond motifs is 2. The van der Waals surface area contributed by atoms with Gasteiger partial charge in [-0.3, -0.25) is 0 Å². The zero-order valence-corrected chi connectivity index (χ0v) is 20.0. The number of benzene rings is 2. The van der Waals surface area contributed by atoms with E-state index in [4.69, 9.17) is 14.9 Å². The number of ether oxygens (including phenoxy) is 1. The fraction of sp³-hybridized carbons (Fsp3) is 0.217. The molecule has 0 aliphatic carbocycles. The number of rotatable bonds is 7. The van der Waals surface area contributed by atoms with Crippen molar-refractivity contribution in [3.05, 3.63) is 65.7 Å². The number of thioether (sulfide) groups is 1. The highest BCUT2D eigenvalue weighted by Crippen LogP contribution is 2.43. The quantitative estimate of drug-likeness (QED) is 0.558. The largest absolute Gasteiger partial charge is 0.478 e. The lowest BCUT2D eigenvalue weighted by atomic mass is 10.1. The molecule has 3 rings (SSSR count). The number of hydrogen-bond acceptors (Lipinski definition) is 7. The average molecular weight is 492 g/mol. The van der Waals surface area contributed by atoms with E-state index in [2.05, 4.69) is 11.0 Å². The van der Waals surface area contributed by atoms with Gasteiger partial charge in [0, 0.05) is 46.7 Å². The van der Waals surface area contributed by atoms with Gasteiger partial charge in [0.15, 0.2) is 9.84 Å². The van der Waals surface area contributed by atoms with Crippen LogP contribution in [0.15, 0.2) is 59.5 Å². The Kier molecular flexibility index (Phi) is 9.27. The number of carboxylic acid groups (broad SMARTS) is 2. The smallest absolute Gasteiger partial charge is 0.328 e. The van der Waals surface area contributed by atoms with Crippen molar-refractivity contribution in [2.75, 3.05) is 32.6 Å². The first-order valence-electron chi connectivity index (χ1n) is 9.72. The molecule has 0 unspecified atom stereocenters. The fourth-order valence-corrected chi connectivity index (χ4v) is 4.50. The lowest BCUT2D eigenvalue weighted by Gasteiger charge is -2.13. The molecule has 2 aromatic carbocycles. The maximum Gasteiger partial charge on any atom is 0.328 e. The first-order valence-corrected chi connectivity index (χ1v) is 12.6. The van der Waals surface area contributed by atoms with Crippen molar-refractivity contribution in [2.45, 2.75) is 4.90 Å². The molecule has 0 saturated carbocycles. The molecule has 8 nitrogen and oxygen atoms in total. The molecule has 1 aliphatic heterocycles. The normalized spacial score (nSPS) is 12.5. The maximum atomic E-state index is 12.0. The Morgan fingerprint density at radius 3 is 2.24 bits per heavy atom. The van der Waals surface area contributed by atoms with Crippen LogP contribution in [0.1, 0.15) is 11.1 Å². The maximum absolute atomic E-state index is 12.0. The van der Waals surface area contributed by atoms with E-state index in [1.807, 2.05) is 38.4 Å². The van der Waals surface area contributed by atoms with Gasteiger partial charge in [-0.1, -0.05) is 18.2 Å². The molecule has 0 spiro atoms. The summed E-state index contributed by atoms with van der Waals surface area (Å²) in [5, 5.41) is 15.6. The molecule has 10 heteroatoms. The van der Waals surface area contributed by atoms with Crippen LogP contribution in [0.4, 0.5) is 0 Å². The summed E-state index contributed by atoms with van der Waals surface area (Å²) >= 11 is 1.71. The second-order valence-corrected chi connectivity index (χ2v) is 10.4. The van der Waals surface area contributed by atoms with Gasteiger partial charge < -0.3 is 19.8 Å². The van der Waals surface area contributed by atoms with Crippen molar-refractivity contribution >= 4 is 44.5 Å². The molecule has 0 bridgehead atoms. The van der Waals surface area contributed by atoms with Crippen LogP contribution in [0, 0.1) is 0 Å². The van der Waals surface area contributed by atoms with Gasteiger partial charge in [-0.15, -0.1) is 11.8 Å². The van der Waals surface area contributed by atoms with Gasteiger partial charge in [0.05, 0.1) is 4.90 Å². The van der Waals surface area contributed by atoms with Gasteiger partial charge in [-0.25, -0.2) is 18.0 Å². The van der Waals surface area contributed by atoms with Crippen LogP contribution >= 0.6 is 11.8 Å². The van der Waals surface area contributed by atoms with Gasteiger partial charge in [-0.2, -0.15) is 0 Å². The lowest BCUT2D eigenvalue weighted by molar-refractivity contribution is -0.134. The van der Waals surface area contributed by atoms with E-state index in [0.717, 1.165) is 34.1 Å². The van der Waals surface area contributed by atoms with Gasteiger partial charge in [0.2, 0.25) is 0 Å². The molecule has 1 heterocycles. The minimum absolute atomic E-state index is 0.305. The first-order chi connectivity index (χ1) is 15.5. The van der Waals surface area contributed by atoms with Crippen molar-refractivity contribution < 1.29 is 33.0 Å². The topological polar surface area (TPSA) is 121 Å². The summed E-state index contributed by atoms with van der Waals surface area (Å²) in [4.78, 5) is 22.6. The highest BCUT2D eigenvalue weighted by atomic mass is 32.2. The molecule has 1 aliphatic rings. The summed E-state index contributed by atoms with van der Waals surface area (Å²) < 4.78 is 30.0. The highest BCUT2D eigenvalue weighted by molar-refractivity contribution is 8.08. The molecule has 2 aromatic rings. The van der Waals surface area contributed by atoms with Gasteiger partial charge >= 0.3 is 11.9 Å². The number of aliphatic carboxylic acids is 2. The highest BCUT2D eigenvalue weighted by Gasteiger charge is 2.19. The molecule has 2 N–H and O–H groups in total. The number of nitrogens with zero attached hydrogens (tertiary/aromatic N) is 1. The lowest BCUT2D eigenvalue weighted by Crippen LogP contribution is -2.14. The summed E-state index contributed by atoms with van der Waals surface area (Å²) in [6, 6.07) is 12.9. The van der Waals surface area contributed by atoms with E-state index < -0.39 is 21.8 Å². The van der Waals surface area contributed by atoms with Gasteiger partial charge in [0.25, 0.3) is 0 Å². The summed E-state index contributed by atoms with van der Waals surface area (Å²) in [5.74, 6) is -0.149. The first kappa shape index (κ1) is 26.2. The van der Waals surface area contributed by atoms with Crippen molar-refractivity contribution in [3.8, 4) is 11.5 Å². The number of carbonyl (C=O) groups is 2. The predicted molar refractivity (Wildman–Crippen MR) is 129 cm³/mol. The molecule has 0 fully saturated rings. The fourth-order valence-electron chi connectivity index (χ4n) is 2.65. The summed E-state index contributed by atoms with van der Waals surface area (Å²) in [6.07, 6.45) is 4.42. The average Bonchev–Trinajstić information content (AvgIpc) is 2.88. The van der Waals surface area contributed by atoms with E-state index >= 15 is 0 Å². The molecule has 0 atom stereocenters. The monoisotopic (exact) mass is 491 g/mol. The third-order valence-electron chi connectivity index (χ3n) is 4.23. The number of hydrogen-bond donors (Lipinski definition) is 2. The van der Waals surface area contributed by atoms with E-state index in [0.29, 0.717) is 22.8 Å². The van der Waals surface area contributed by atoms with E-state index in [-0.39, 0.29) is 0 Å². The van der Waals surface area contributed by atoms with Crippen LogP contribution in [0.3, 0.4) is 0 Å². The molecule has 0 saturated heterocycles. The Labute approximate surface area is 197 Å². The zero-order chi connectivity index (χ0) is 24.6. The van der Waals surface area contributed by atoms with Crippen LogP contribution in [0.25, 0.3) is 11.0 Å². The number of para-hydroxylation sites is 1. The molecule has 0 radical (unpaired) electrons. The number of carboxylic acids is 2. The third kappa shape index (κ3) is 8.41. The molecule has 176 valence electrons. The van der Waals surface area contributed by atoms with Crippen LogP contribution < -0.4 is 4.74 Å². The van der Waals surface area contributed by atoms with Gasteiger partial charge in [0.1, 0.15) is 11.5 Å². The van der Waals surface area contributed by atoms with Crippen molar-refractivity contribution in [1.82, 2.24) is 4.90 Å². The SMILES string of the molecule is CN(C)CCSC1=Cc2ccccc2Oc2ccc(S(C)(=O)=O)cc21.O=C(O)/C=C\C(=O)O. The van der Waals surface area contributed by atoms with Crippen LogP contribution in [-0.4, -0.2) is 68.1 Å². The summed E-state index contributed by atoms with van der Waals surface area (Å²) in [5.41, 5.74) is 1.81. The standard InChI is InChI=1S/C19H21NO3S2.C4H4O4/c1-20(2)10-11-24-19-12-14-6-4-5-7-17(14)23-18-9-8-15(13-16(18)19)25(3,21)22;5-3(6)1-2-4(7)8/h4-9,12-13H,10-11H2,1-3H3;1-2H,(H,5,6)(H,7,8)/b;2-1-. The Bertz CT molecular complexity index is 1170. The second kappa shape index (κ2) is 11.7. The molecular weight excluding hydrogens is 466 g/mol. The molecular formula is C23H25NO7S2. The van der Waals surface area contributed by atoms with E-state index in [9.17, 15) is 18.0 Å². The Morgan fingerprint density at radius 2 is 1.67 bits per heavy atom. The molecule has 0 amide bonds. The van der Waals surface area contributed by atoms with E-state index in [1.165, 1.54) is 6.26 Å². The Hall–Kier alpha value is -3.08. The van der Waals surface area contributed by atoms with Crippen LogP contribution in [0.5, 0.6) is 11.5 Å². The van der Waals surface area contributed by atoms with Gasteiger partial charge in [-0.05, 0) is 44.4 Å². The second-order valence-electron chi connectivity index (χ2n) is 7.24. The zero-order valence-electron chi connectivity index (χ0n) is 18.4. The van der Waals surface area contributed by atoms with E-state index in [1.54, 1.807) is 30.0 Å². The molecule has 33 heavy (non-hydrogen) atoms. The molecule has 0 aromatic heterocycles.